The minimum Gasteiger partial charge on any atom is -0.349 e. The molecule has 1 aromatic heterocycles. The molecule has 0 aliphatic rings. The zero-order valence-electron chi connectivity index (χ0n) is 16.0. The van der Waals surface area contributed by atoms with Crippen molar-refractivity contribution in [3.8, 4) is 6.07 Å². The molecule has 0 fully saturated rings. The van der Waals surface area contributed by atoms with E-state index in [-0.39, 0.29) is 11.9 Å². The number of aromatic nitrogens is 2. The van der Waals surface area contributed by atoms with E-state index in [0.29, 0.717) is 25.8 Å². The van der Waals surface area contributed by atoms with Gasteiger partial charge >= 0.3 is 0 Å². The number of nitrogens with zero attached hydrogens (tertiary/aromatic N) is 3. The number of carbonyl (C=O) groups is 1. The lowest BCUT2D eigenvalue weighted by molar-refractivity contribution is -0.121. The minimum absolute atomic E-state index is 0.0641. The predicted molar refractivity (Wildman–Crippen MR) is 102 cm³/mol. The number of amides is 1. The molecule has 1 heterocycles. The summed E-state index contributed by atoms with van der Waals surface area (Å²) in [5, 5.41) is 16.4. The molecule has 5 heteroatoms. The second-order valence-corrected chi connectivity index (χ2v) is 6.60. The first-order valence-electron chi connectivity index (χ1n) is 9.31. The topological polar surface area (TPSA) is 70.7 Å². The molecule has 1 aromatic carbocycles. The van der Waals surface area contributed by atoms with E-state index in [1.54, 1.807) is 0 Å². The van der Waals surface area contributed by atoms with Crippen LogP contribution in [0.3, 0.4) is 0 Å². The maximum atomic E-state index is 12.5. The normalized spacial score (nSPS) is 11.8. The van der Waals surface area contributed by atoms with Gasteiger partial charge in [0.25, 0.3) is 0 Å². The third-order valence-corrected chi connectivity index (χ3v) is 4.68. The standard InChI is InChI=1S/C21H28N4O/c1-4-9-20(18-10-6-5-7-11-18)23-21(26)13-12-19-16(2)24-25(17(19)3)15-8-14-22/h5-7,10-11,20H,4,8-9,12-13,15H2,1-3H3,(H,23,26). The molecule has 2 aromatic rings. The molecule has 0 aliphatic carbocycles. The molecule has 1 atom stereocenters. The van der Waals surface area contributed by atoms with Crippen LogP contribution in [0.1, 0.15) is 61.2 Å². The number of hydrogen-bond acceptors (Lipinski definition) is 3. The lowest BCUT2D eigenvalue weighted by Gasteiger charge is -2.18. The van der Waals surface area contributed by atoms with Crippen LogP contribution in [0, 0.1) is 25.2 Å². The van der Waals surface area contributed by atoms with E-state index in [2.05, 4.69) is 35.5 Å². The zero-order chi connectivity index (χ0) is 18.9. The first-order chi connectivity index (χ1) is 12.6. The van der Waals surface area contributed by atoms with Gasteiger partial charge in [-0.15, -0.1) is 0 Å². The van der Waals surface area contributed by atoms with E-state index >= 15 is 0 Å². The summed E-state index contributed by atoms with van der Waals surface area (Å²) in [6, 6.07) is 12.3. The number of nitrogens with one attached hydrogen (secondary N) is 1. The highest BCUT2D eigenvalue weighted by molar-refractivity contribution is 5.76. The fourth-order valence-corrected chi connectivity index (χ4v) is 3.27. The maximum Gasteiger partial charge on any atom is 0.220 e. The zero-order valence-corrected chi connectivity index (χ0v) is 16.0. The van der Waals surface area contributed by atoms with Gasteiger partial charge in [-0.05, 0) is 37.8 Å². The molecule has 1 N–H and O–H groups in total. The molecule has 0 radical (unpaired) electrons. The summed E-state index contributed by atoms with van der Waals surface area (Å²) in [5.41, 5.74) is 4.27. The highest BCUT2D eigenvalue weighted by Gasteiger charge is 2.16. The van der Waals surface area contributed by atoms with Gasteiger partial charge in [0.1, 0.15) is 0 Å². The van der Waals surface area contributed by atoms with Crippen LogP contribution in [0.2, 0.25) is 0 Å². The van der Waals surface area contributed by atoms with E-state index in [1.807, 2.05) is 36.7 Å². The summed E-state index contributed by atoms with van der Waals surface area (Å²) >= 11 is 0. The molecule has 138 valence electrons. The van der Waals surface area contributed by atoms with Gasteiger partial charge in [-0.3, -0.25) is 9.48 Å². The van der Waals surface area contributed by atoms with Crippen LogP contribution in [0.4, 0.5) is 0 Å². The molecule has 26 heavy (non-hydrogen) atoms. The minimum atomic E-state index is 0.0641. The highest BCUT2D eigenvalue weighted by atomic mass is 16.1. The Kier molecular flexibility index (Phi) is 7.40. The van der Waals surface area contributed by atoms with Crippen molar-refractivity contribution >= 4 is 5.91 Å². The first kappa shape index (κ1) is 19.7. The van der Waals surface area contributed by atoms with Crippen LogP contribution in [0.5, 0.6) is 0 Å². The molecule has 1 amide bonds. The maximum absolute atomic E-state index is 12.5. The summed E-state index contributed by atoms with van der Waals surface area (Å²) in [6.45, 7) is 6.70. The van der Waals surface area contributed by atoms with Crippen LogP contribution >= 0.6 is 0 Å². The summed E-state index contributed by atoms with van der Waals surface area (Å²) < 4.78 is 1.87. The Labute approximate surface area is 156 Å². The lowest BCUT2D eigenvalue weighted by atomic mass is 10.0. The van der Waals surface area contributed by atoms with Crippen LogP contribution < -0.4 is 5.32 Å². The van der Waals surface area contributed by atoms with Crippen molar-refractivity contribution in [1.29, 1.82) is 5.26 Å². The van der Waals surface area contributed by atoms with Gasteiger partial charge in [-0.25, -0.2) is 0 Å². The molecule has 0 saturated heterocycles. The molecule has 0 aliphatic heterocycles. The third kappa shape index (κ3) is 5.19. The average molecular weight is 352 g/mol. The van der Waals surface area contributed by atoms with Crippen molar-refractivity contribution in [3.63, 3.8) is 0 Å². The van der Waals surface area contributed by atoms with Gasteiger partial charge in [-0.1, -0.05) is 43.7 Å². The van der Waals surface area contributed by atoms with E-state index in [1.165, 1.54) is 0 Å². The molecule has 0 spiro atoms. The van der Waals surface area contributed by atoms with Gasteiger partial charge < -0.3 is 5.32 Å². The summed E-state index contributed by atoms with van der Waals surface area (Å²) in [7, 11) is 0. The van der Waals surface area contributed by atoms with Crippen molar-refractivity contribution in [3.05, 3.63) is 52.8 Å². The van der Waals surface area contributed by atoms with E-state index in [0.717, 1.165) is 35.4 Å². The molecular formula is C21H28N4O. The van der Waals surface area contributed by atoms with E-state index < -0.39 is 0 Å². The lowest BCUT2D eigenvalue weighted by Crippen LogP contribution is -2.28. The fraction of sp³-hybridized carbons (Fsp3) is 0.476. The van der Waals surface area contributed by atoms with Gasteiger partial charge in [0.05, 0.1) is 30.8 Å². The summed E-state index contributed by atoms with van der Waals surface area (Å²) in [4.78, 5) is 12.5. The number of benzene rings is 1. The van der Waals surface area contributed by atoms with Gasteiger partial charge in [0, 0.05) is 12.1 Å². The Morgan fingerprint density at radius 1 is 1.31 bits per heavy atom. The predicted octanol–water partition coefficient (Wildman–Crippen LogP) is 4.00. The number of carbonyl (C=O) groups excluding carboxylic acids is 1. The van der Waals surface area contributed by atoms with Gasteiger partial charge in [-0.2, -0.15) is 10.4 Å². The van der Waals surface area contributed by atoms with E-state index in [4.69, 9.17) is 5.26 Å². The van der Waals surface area contributed by atoms with Crippen LogP contribution in [0.25, 0.3) is 0 Å². The second-order valence-electron chi connectivity index (χ2n) is 6.60. The fourth-order valence-electron chi connectivity index (χ4n) is 3.27. The molecular weight excluding hydrogens is 324 g/mol. The Balaban J connectivity index is 1.97. The number of hydrogen-bond donors (Lipinski definition) is 1. The largest absolute Gasteiger partial charge is 0.349 e. The Morgan fingerprint density at radius 2 is 2.04 bits per heavy atom. The molecule has 5 nitrogen and oxygen atoms in total. The van der Waals surface area contributed by atoms with Crippen molar-refractivity contribution in [2.24, 2.45) is 0 Å². The second kappa shape index (κ2) is 9.76. The average Bonchev–Trinajstić information content (AvgIpc) is 2.92. The Bertz CT molecular complexity index is 758. The quantitative estimate of drug-likeness (QED) is 0.741. The number of aryl methyl sites for hydroxylation is 2. The number of nitriles is 1. The van der Waals surface area contributed by atoms with Gasteiger partial charge in [0.15, 0.2) is 0 Å². The smallest absolute Gasteiger partial charge is 0.220 e. The van der Waals surface area contributed by atoms with Crippen molar-refractivity contribution in [1.82, 2.24) is 15.1 Å². The van der Waals surface area contributed by atoms with Crippen molar-refractivity contribution in [2.45, 2.75) is 65.5 Å². The Hall–Kier alpha value is -2.61. The van der Waals surface area contributed by atoms with Crippen LogP contribution in [-0.2, 0) is 17.8 Å². The SMILES string of the molecule is CCCC(NC(=O)CCc1c(C)nn(CCC#N)c1C)c1ccccc1. The van der Waals surface area contributed by atoms with Crippen LogP contribution in [0.15, 0.2) is 30.3 Å². The molecule has 0 bridgehead atoms. The highest BCUT2D eigenvalue weighted by Crippen LogP contribution is 2.19. The molecule has 2 rings (SSSR count). The van der Waals surface area contributed by atoms with Crippen molar-refractivity contribution in [2.75, 3.05) is 0 Å². The number of rotatable bonds is 9. The van der Waals surface area contributed by atoms with Gasteiger partial charge in [0.2, 0.25) is 5.91 Å². The first-order valence-corrected chi connectivity index (χ1v) is 9.31. The summed E-state index contributed by atoms with van der Waals surface area (Å²) in [5.74, 6) is 0.0656. The molecule has 1 unspecified atom stereocenters. The van der Waals surface area contributed by atoms with Crippen LogP contribution in [-0.4, -0.2) is 15.7 Å². The molecule has 0 saturated carbocycles. The monoisotopic (exact) mass is 352 g/mol. The Morgan fingerprint density at radius 3 is 2.69 bits per heavy atom. The summed E-state index contributed by atoms with van der Waals surface area (Å²) in [6.07, 6.45) is 3.50. The third-order valence-electron chi connectivity index (χ3n) is 4.68. The van der Waals surface area contributed by atoms with Crippen molar-refractivity contribution < 1.29 is 4.79 Å². The van der Waals surface area contributed by atoms with E-state index in [9.17, 15) is 4.79 Å².